The van der Waals surface area contributed by atoms with Crippen molar-refractivity contribution in [1.29, 1.82) is 0 Å². The van der Waals surface area contributed by atoms with Gasteiger partial charge in [0.05, 0.1) is 7.11 Å². The van der Waals surface area contributed by atoms with Crippen molar-refractivity contribution in [2.45, 2.75) is 38.6 Å². The Hall–Kier alpha value is -1.22. The lowest BCUT2D eigenvalue weighted by Gasteiger charge is -2.47. The highest BCUT2D eigenvalue weighted by Gasteiger charge is 2.33. The quantitative estimate of drug-likeness (QED) is 0.906. The predicted molar refractivity (Wildman–Crippen MR) is 78.8 cm³/mol. The molecule has 0 amide bonds. The fraction of sp³-hybridized carbons (Fsp3) is 0.625. The maximum atomic E-state index is 9.14. The van der Waals surface area contributed by atoms with Gasteiger partial charge in [-0.1, -0.05) is 0 Å². The van der Waals surface area contributed by atoms with Crippen LogP contribution < -0.4 is 9.64 Å². The zero-order valence-electron chi connectivity index (χ0n) is 12.2. The first-order chi connectivity index (χ1) is 9.06. The topological polar surface area (TPSA) is 32.7 Å². The number of aliphatic hydroxyl groups is 1. The van der Waals surface area contributed by atoms with Crippen molar-refractivity contribution in [3.63, 3.8) is 0 Å². The summed E-state index contributed by atoms with van der Waals surface area (Å²) in [4.78, 5) is 2.47. The lowest BCUT2D eigenvalue weighted by molar-refractivity contribution is 0.217. The number of hydrogen-bond donors (Lipinski definition) is 1. The summed E-state index contributed by atoms with van der Waals surface area (Å²) in [5.41, 5.74) is 1.43. The van der Waals surface area contributed by atoms with Crippen LogP contribution in [0.5, 0.6) is 5.75 Å². The van der Waals surface area contributed by atoms with Crippen LogP contribution in [-0.4, -0.2) is 30.9 Å². The summed E-state index contributed by atoms with van der Waals surface area (Å²) in [7, 11) is 1.69. The predicted octanol–water partition coefficient (Wildman–Crippen LogP) is 3.07. The summed E-state index contributed by atoms with van der Waals surface area (Å²) in [6.45, 7) is 5.92. The number of aliphatic hydroxyl groups excluding tert-OH is 1. The van der Waals surface area contributed by atoms with Crippen LogP contribution >= 0.6 is 0 Å². The van der Waals surface area contributed by atoms with E-state index in [4.69, 9.17) is 9.84 Å². The van der Waals surface area contributed by atoms with Gasteiger partial charge in [0, 0.05) is 24.4 Å². The Labute approximate surface area is 116 Å². The number of ether oxygens (including phenoxy) is 1. The van der Waals surface area contributed by atoms with E-state index in [9.17, 15) is 0 Å². The van der Waals surface area contributed by atoms with Crippen molar-refractivity contribution in [3.8, 4) is 5.75 Å². The summed E-state index contributed by atoms with van der Waals surface area (Å²) in [6.07, 6.45) is 3.28. The number of anilines is 1. The van der Waals surface area contributed by atoms with Gasteiger partial charge < -0.3 is 14.7 Å². The molecule has 2 rings (SSSR count). The third-order valence-corrected chi connectivity index (χ3v) is 4.26. The van der Waals surface area contributed by atoms with Gasteiger partial charge in [-0.15, -0.1) is 0 Å². The van der Waals surface area contributed by atoms with Crippen LogP contribution in [0.1, 0.15) is 33.1 Å². The molecule has 0 bridgehead atoms. The van der Waals surface area contributed by atoms with Crippen molar-refractivity contribution in [2.24, 2.45) is 5.92 Å². The Bertz CT molecular complexity index is 400. The van der Waals surface area contributed by atoms with Gasteiger partial charge in [-0.25, -0.2) is 0 Å². The number of methoxy groups -OCH3 is 1. The maximum Gasteiger partial charge on any atom is 0.119 e. The number of benzene rings is 1. The van der Waals surface area contributed by atoms with Crippen LogP contribution in [0, 0.1) is 5.92 Å². The molecule has 0 aromatic heterocycles. The first-order valence-electron chi connectivity index (χ1n) is 7.09. The highest BCUT2D eigenvalue weighted by Crippen LogP contribution is 2.36. The Morgan fingerprint density at radius 2 is 2.00 bits per heavy atom. The van der Waals surface area contributed by atoms with Gasteiger partial charge >= 0.3 is 0 Å². The Morgan fingerprint density at radius 3 is 2.58 bits per heavy atom. The van der Waals surface area contributed by atoms with Crippen molar-refractivity contribution < 1.29 is 9.84 Å². The van der Waals surface area contributed by atoms with Gasteiger partial charge in [-0.2, -0.15) is 0 Å². The van der Waals surface area contributed by atoms with Crippen LogP contribution in [0.4, 0.5) is 5.69 Å². The molecular weight excluding hydrogens is 238 g/mol. The zero-order valence-corrected chi connectivity index (χ0v) is 12.2. The van der Waals surface area contributed by atoms with Gasteiger partial charge in [0.25, 0.3) is 0 Å². The number of piperidine rings is 1. The van der Waals surface area contributed by atoms with E-state index >= 15 is 0 Å². The first kappa shape index (κ1) is 14.2. The van der Waals surface area contributed by atoms with Gasteiger partial charge in [-0.05, 0) is 63.3 Å². The molecule has 0 saturated carbocycles. The summed E-state index contributed by atoms with van der Waals surface area (Å²) >= 11 is 0. The molecule has 1 N–H and O–H groups in total. The van der Waals surface area contributed by atoms with E-state index in [1.807, 2.05) is 12.1 Å². The second kappa shape index (κ2) is 5.83. The second-order valence-electron chi connectivity index (χ2n) is 6.04. The lowest BCUT2D eigenvalue weighted by Crippen LogP contribution is -2.50. The highest BCUT2D eigenvalue weighted by molar-refractivity contribution is 5.51. The van der Waals surface area contributed by atoms with E-state index in [1.165, 1.54) is 18.5 Å². The third-order valence-electron chi connectivity index (χ3n) is 4.26. The fourth-order valence-electron chi connectivity index (χ4n) is 2.92. The molecule has 3 heteroatoms. The molecule has 0 spiro atoms. The molecule has 1 aromatic carbocycles. The molecule has 1 heterocycles. The Morgan fingerprint density at radius 1 is 1.32 bits per heavy atom. The van der Waals surface area contributed by atoms with Gasteiger partial charge in [-0.3, -0.25) is 0 Å². The first-order valence-corrected chi connectivity index (χ1v) is 7.09. The average molecular weight is 263 g/mol. The molecule has 0 aliphatic carbocycles. The molecule has 1 atom stereocenters. The Balaban J connectivity index is 2.17. The maximum absolute atomic E-state index is 9.14. The standard InChI is InChI=1S/C16H25NO2/c1-16(2)10-8-13(9-11-18)12-17(16)14-4-6-15(19-3)7-5-14/h4-7,13,18H,8-12H2,1-3H3. The Kier molecular flexibility index (Phi) is 4.35. The van der Waals surface area contributed by atoms with E-state index in [1.54, 1.807) is 7.11 Å². The van der Waals surface area contributed by atoms with Crippen LogP contribution in [0.3, 0.4) is 0 Å². The molecule has 106 valence electrons. The van der Waals surface area contributed by atoms with Gasteiger partial charge in [0.2, 0.25) is 0 Å². The van der Waals surface area contributed by atoms with E-state index < -0.39 is 0 Å². The molecule has 1 fully saturated rings. The van der Waals surface area contributed by atoms with Crippen molar-refractivity contribution in [2.75, 3.05) is 25.2 Å². The van der Waals surface area contributed by atoms with Gasteiger partial charge in [0.1, 0.15) is 5.75 Å². The molecule has 1 aliphatic heterocycles. The number of rotatable bonds is 4. The molecule has 3 nitrogen and oxygen atoms in total. The SMILES string of the molecule is COc1ccc(N2CC(CCO)CCC2(C)C)cc1. The monoisotopic (exact) mass is 263 g/mol. The third kappa shape index (κ3) is 3.21. The lowest BCUT2D eigenvalue weighted by atomic mass is 9.83. The number of hydrogen-bond acceptors (Lipinski definition) is 3. The van der Waals surface area contributed by atoms with E-state index in [0.29, 0.717) is 12.5 Å². The van der Waals surface area contributed by atoms with E-state index in [-0.39, 0.29) is 5.54 Å². The van der Waals surface area contributed by atoms with E-state index in [2.05, 4.69) is 30.9 Å². The van der Waals surface area contributed by atoms with Gasteiger partial charge in [0.15, 0.2) is 0 Å². The minimum atomic E-state index is 0.181. The summed E-state index contributed by atoms with van der Waals surface area (Å²) in [5, 5.41) is 9.14. The molecule has 19 heavy (non-hydrogen) atoms. The molecular formula is C16H25NO2. The minimum Gasteiger partial charge on any atom is -0.497 e. The minimum absolute atomic E-state index is 0.181. The normalized spacial score (nSPS) is 22.3. The summed E-state index contributed by atoms with van der Waals surface area (Å²) in [5.74, 6) is 1.49. The molecule has 1 aromatic rings. The highest BCUT2D eigenvalue weighted by atomic mass is 16.5. The van der Waals surface area contributed by atoms with Crippen LogP contribution in [0.15, 0.2) is 24.3 Å². The zero-order chi connectivity index (χ0) is 13.9. The molecule has 0 radical (unpaired) electrons. The van der Waals surface area contributed by atoms with Crippen molar-refractivity contribution in [1.82, 2.24) is 0 Å². The number of nitrogens with zero attached hydrogens (tertiary/aromatic N) is 1. The molecule has 1 aliphatic rings. The van der Waals surface area contributed by atoms with E-state index in [0.717, 1.165) is 18.7 Å². The summed E-state index contributed by atoms with van der Waals surface area (Å²) in [6, 6.07) is 8.28. The van der Waals surface area contributed by atoms with Crippen LogP contribution in [0.2, 0.25) is 0 Å². The van der Waals surface area contributed by atoms with Crippen molar-refractivity contribution >= 4 is 5.69 Å². The smallest absolute Gasteiger partial charge is 0.119 e. The molecule has 1 saturated heterocycles. The van der Waals surface area contributed by atoms with Crippen LogP contribution in [-0.2, 0) is 0 Å². The largest absolute Gasteiger partial charge is 0.497 e. The molecule has 1 unspecified atom stereocenters. The van der Waals surface area contributed by atoms with Crippen molar-refractivity contribution in [3.05, 3.63) is 24.3 Å². The van der Waals surface area contributed by atoms with Crippen LogP contribution in [0.25, 0.3) is 0 Å². The fourth-order valence-corrected chi connectivity index (χ4v) is 2.92. The average Bonchev–Trinajstić information content (AvgIpc) is 2.41. The second-order valence-corrected chi connectivity index (χ2v) is 6.04. The summed E-state index contributed by atoms with van der Waals surface area (Å²) < 4.78 is 5.22.